The molecule has 2 aliphatic rings. The number of hydrogen-bond donors (Lipinski definition) is 0. The number of ketones is 1. The van der Waals surface area contributed by atoms with Gasteiger partial charge in [-0.1, -0.05) is 56.6 Å². The minimum absolute atomic E-state index is 0.0564. The first-order valence-electron chi connectivity index (χ1n) is 14.0. The maximum atomic E-state index is 13.8. The predicted octanol–water partition coefficient (Wildman–Crippen LogP) is 7.73. The highest BCUT2D eigenvalue weighted by Crippen LogP contribution is 2.46. The highest BCUT2D eigenvalue weighted by Gasteiger charge is 2.45. The SMILES string of the molecule is Cn1c2c(c3ccc(Br)cc31)C(=O)c1ccc(OC[C@H]3OC(C)(C)OC3CO[Si](C)(C)C(C)(C)C)cc1C2(C)C. The largest absolute Gasteiger partial charge is 0.491 e. The number of aryl methyl sites for hydroxylation is 1. The number of rotatable bonds is 6. The molecule has 1 fully saturated rings. The molecule has 0 radical (unpaired) electrons. The predicted molar refractivity (Wildman–Crippen MR) is 165 cm³/mol. The third-order valence-corrected chi connectivity index (χ3v) is 14.0. The molecular formula is C32H42BrNO5Si. The number of nitrogens with zero attached hydrogens (tertiary/aromatic N) is 1. The van der Waals surface area contributed by atoms with E-state index in [9.17, 15) is 4.79 Å². The second-order valence-corrected chi connectivity index (χ2v) is 19.4. The Hall–Kier alpha value is -1.97. The number of aromatic nitrogens is 1. The first-order chi connectivity index (χ1) is 18.4. The number of hydrogen-bond acceptors (Lipinski definition) is 5. The number of carbonyl (C=O) groups excluding carboxylic acids is 1. The molecule has 0 N–H and O–H groups in total. The molecule has 40 heavy (non-hydrogen) atoms. The summed E-state index contributed by atoms with van der Waals surface area (Å²) in [6.45, 7) is 20.2. The van der Waals surface area contributed by atoms with Gasteiger partial charge in [0.05, 0.1) is 12.2 Å². The van der Waals surface area contributed by atoms with Gasteiger partial charge in [-0.2, -0.15) is 0 Å². The molecule has 2 aromatic carbocycles. The van der Waals surface area contributed by atoms with Crippen molar-refractivity contribution >= 4 is 40.9 Å². The second-order valence-electron chi connectivity index (χ2n) is 13.7. The van der Waals surface area contributed by atoms with Crippen LogP contribution in [0.5, 0.6) is 5.75 Å². The van der Waals surface area contributed by atoms with E-state index in [0.717, 1.165) is 37.8 Å². The van der Waals surface area contributed by atoms with E-state index in [-0.39, 0.29) is 23.0 Å². The quantitative estimate of drug-likeness (QED) is 0.262. The molecule has 0 saturated carbocycles. The van der Waals surface area contributed by atoms with Gasteiger partial charge in [-0.25, -0.2) is 0 Å². The average Bonchev–Trinajstić information content (AvgIpc) is 3.32. The Morgan fingerprint density at radius 2 is 1.65 bits per heavy atom. The van der Waals surface area contributed by atoms with Gasteiger partial charge < -0.3 is 23.2 Å². The Labute approximate surface area is 247 Å². The van der Waals surface area contributed by atoms with Gasteiger partial charge >= 0.3 is 0 Å². The van der Waals surface area contributed by atoms with Crippen LogP contribution in [-0.4, -0.2) is 49.9 Å². The fourth-order valence-electron chi connectivity index (χ4n) is 5.84. The van der Waals surface area contributed by atoms with Gasteiger partial charge in [-0.05, 0) is 67.9 Å². The van der Waals surface area contributed by atoms with Gasteiger partial charge in [-0.15, -0.1) is 0 Å². The molecule has 1 saturated heterocycles. The van der Waals surface area contributed by atoms with Gasteiger partial charge in [0, 0.05) is 39.1 Å². The van der Waals surface area contributed by atoms with Gasteiger partial charge in [0.25, 0.3) is 0 Å². The maximum Gasteiger partial charge on any atom is 0.195 e. The Balaban J connectivity index is 1.39. The zero-order chi connectivity index (χ0) is 29.4. The van der Waals surface area contributed by atoms with Crippen LogP contribution in [0.3, 0.4) is 0 Å². The Kier molecular flexibility index (Phi) is 7.23. The Bertz CT molecular complexity index is 1480. The van der Waals surface area contributed by atoms with E-state index in [0.29, 0.717) is 19.0 Å². The average molecular weight is 629 g/mol. The molecule has 0 amide bonds. The van der Waals surface area contributed by atoms with Crippen LogP contribution in [0.15, 0.2) is 40.9 Å². The Morgan fingerprint density at radius 1 is 1.00 bits per heavy atom. The molecule has 5 rings (SSSR count). The van der Waals surface area contributed by atoms with E-state index < -0.39 is 19.5 Å². The monoisotopic (exact) mass is 627 g/mol. The van der Waals surface area contributed by atoms with Gasteiger partial charge in [0.2, 0.25) is 0 Å². The summed E-state index contributed by atoms with van der Waals surface area (Å²) >= 11 is 3.59. The summed E-state index contributed by atoms with van der Waals surface area (Å²) < 4.78 is 28.4. The molecular weight excluding hydrogens is 586 g/mol. The van der Waals surface area contributed by atoms with Crippen molar-refractivity contribution in [1.29, 1.82) is 0 Å². The molecule has 2 heterocycles. The standard InChI is InChI=1S/C32H42BrNO5Si/c1-30(2,3)40(9,10)37-18-26-25(38-32(6,7)39-26)17-36-20-12-14-21-23(16-20)31(4,5)29-27(28(21)35)22-13-11-19(33)15-24(22)34(29)8/h11-16,25-26H,17-18H2,1-10H3/t25-,26?/m1/s1. The molecule has 216 valence electrons. The van der Waals surface area contributed by atoms with Crippen LogP contribution in [-0.2, 0) is 26.4 Å². The fraction of sp³-hybridized carbons (Fsp3) is 0.531. The van der Waals surface area contributed by atoms with Crippen LogP contribution in [0.4, 0.5) is 0 Å². The molecule has 3 aromatic rings. The van der Waals surface area contributed by atoms with E-state index in [1.807, 2.05) is 51.2 Å². The lowest BCUT2D eigenvalue weighted by Crippen LogP contribution is -2.44. The summed E-state index contributed by atoms with van der Waals surface area (Å²) in [5, 5.41) is 1.10. The maximum absolute atomic E-state index is 13.8. The number of ether oxygens (including phenoxy) is 3. The number of fused-ring (bicyclic) bond motifs is 4. The van der Waals surface area contributed by atoms with E-state index in [4.69, 9.17) is 18.6 Å². The van der Waals surface area contributed by atoms with Crippen molar-refractivity contribution in [2.24, 2.45) is 7.05 Å². The van der Waals surface area contributed by atoms with E-state index in [2.05, 4.69) is 74.3 Å². The lowest BCUT2D eigenvalue weighted by Gasteiger charge is -2.37. The zero-order valence-electron chi connectivity index (χ0n) is 25.4. The highest BCUT2D eigenvalue weighted by atomic mass is 79.9. The Morgan fingerprint density at radius 3 is 2.30 bits per heavy atom. The third-order valence-electron chi connectivity index (χ3n) is 9.00. The second kappa shape index (κ2) is 9.80. The molecule has 0 bridgehead atoms. The van der Waals surface area contributed by atoms with Crippen molar-refractivity contribution in [3.05, 3.63) is 63.3 Å². The van der Waals surface area contributed by atoms with Gasteiger partial charge in [-0.3, -0.25) is 4.79 Å². The zero-order valence-corrected chi connectivity index (χ0v) is 28.0. The van der Waals surface area contributed by atoms with E-state index in [1.165, 1.54) is 0 Å². The van der Waals surface area contributed by atoms with Crippen molar-refractivity contribution in [3.63, 3.8) is 0 Å². The van der Waals surface area contributed by atoms with Crippen molar-refractivity contribution in [2.45, 2.75) is 90.0 Å². The topological polar surface area (TPSA) is 58.9 Å². The van der Waals surface area contributed by atoms with E-state index in [1.54, 1.807) is 0 Å². The minimum atomic E-state index is -1.94. The molecule has 0 spiro atoms. The normalized spacial score (nSPS) is 21.9. The lowest BCUT2D eigenvalue weighted by atomic mass is 9.71. The lowest BCUT2D eigenvalue weighted by molar-refractivity contribution is -0.150. The van der Waals surface area contributed by atoms with E-state index >= 15 is 0 Å². The van der Waals surface area contributed by atoms with Crippen LogP contribution < -0.4 is 4.74 Å². The first-order valence-corrected chi connectivity index (χ1v) is 17.7. The van der Waals surface area contributed by atoms with Crippen molar-refractivity contribution in [3.8, 4) is 5.75 Å². The van der Waals surface area contributed by atoms with Crippen LogP contribution in [0.25, 0.3) is 10.9 Å². The van der Waals surface area contributed by atoms with Crippen LogP contribution in [0.2, 0.25) is 18.1 Å². The molecule has 1 aliphatic carbocycles. The molecule has 6 nitrogen and oxygen atoms in total. The summed E-state index contributed by atoms with van der Waals surface area (Å²) in [7, 11) is 0.104. The number of halogens is 1. The number of carbonyl (C=O) groups is 1. The fourth-order valence-corrected chi connectivity index (χ4v) is 7.20. The minimum Gasteiger partial charge on any atom is -0.491 e. The first kappa shape index (κ1) is 29.5. The van der Waals surface area contributed by atoms with Crippen molar-refractivity contribution < 1.29 is 23.4 Å². The third kappa shape index (κ3) is 5.00. The number of benzene rings is 2. The summed E-state index contributed by atoms with van der Waals surface area (Å²) in [5.74, 6) is 0.0579. The molecule has 1 unspecified atom stereocenters. The molecule has 8 heteroatoms. The summed E-state index contributed by atoms with van der Waals surface area (Å²) in [4.78, 5) is 13.8. The highest BCUT2D eigenvalue weighted by molar-refractivity contribution is 9.10. The van der Waals surface area contributed by atoms with Gasteiger partial charge in [0.1, 0.15) is 24.6 Å². The summed E-state index contributed by atoms with van der Waals surface area (Å²) in [6, 6.07) is 11.9. The van der Waals surface area contributed by atoms with Gasteiger partial charge in [0.15, 0.2) is 19.9 Å². The van der Waals surface area contributed by atoms with Crippen molar-refractivity contribution in [1.82, 2.24) is 4.57 Å². The summed E-state index contributed by atoms with van der Waals surface area (Å²) in [6.07, 6.45) is -0.494. The summed E-state index contributed by atoms with van der Waals surface area (Å²) in [5.41, 5.74) is 4.15. The molecule has 2 atom stereocenters. The van der Waals surface area contributed by atoms with Crippen LogP contribution in [0.1, 0.15) is 75.6 Å². The van der Waals surface area contributed by atoms with Crippen molar-refractivity contribution in [2.75, 3.05) is 13.2 Å². The molecule has 1 aromatic heterocycles. The van der Waals surface area contributed by atoms with Crippen LogP contribution >= 0.6 is 15.9 Å². The molecule has 1 aliphatic heterocycles. The smallest absolute Gasteiger partial charge is 0.195 e. The van der Waals surface area contributed by atoms with Crippen LogP contribution in [0, 0.1) is 0 Å².